The molecule has 0 fully saturated rings. The van der Waals surface area contributed by atoms with Crippen molar-refractivity contribution in [1.82, 2.24) is 10.6 Å². The summed E-state index contributed by atoms with van der Waals surface area (Å²) in [5, 5.41) is 17.8. The molecule has 0 saturated carbocycles. The Hall–Kier alpha value is -2.30. The number of allylic oxidation sites excluding steroid dienone is 1. The lowest BCUT2D eigenvalue weighted by Crippen LogP contribution is -2.43. The normalized spacial score (nSPS) is 13.8. The van der Waals surface area contributed by atoms with E-state index in [2.05, 4.69) is 17.6 Å². The lowest BCUT2D eigenvalue weighted by molar-refractivity contribution is 0.104. The second-order valence-corrected chi connectivity index (χ2v) is 6.94. The van der Waals surface area contributed by atoms with Gasteiger partial charge in [-0.2, -0.15) is 0 Å². The van der Waals surface area contributed by atoms with Gasteiger partial charge in [-0.3, -0.25) is 0 Å². The first-order chi connectivity index (χ1) is 13.7. The van der Waals surface area contributed by atoms with Crippen molar-refractivity contribution in [2.75, 3.05) is 13.1 Å². The molecule has 3 N–H and O–H groups in total. The number of aliphatic hydroxyl groups excluding tert-OH is 1. The van der Waals surface area contributed by atoms with Crippen LogP contribution in [-0.2, 0) is 11.3 Å². The number of ether oxygens (including phenoxy) is 1. The molecule has 0 bridgehead atoms. The third-order valence-electron chi connectivity index (χ3n) is 4.67. The Kier molecular flexibility index (Phi) is 10.2. The van der Waals surface area contributed by atoms with E-state index in [9.17, 15) is 5.11 Å². The maximum atomic E-state index is 10.9. The third kappa shape index (κ3) is 7.75. The Morgan fingerprint density at radius 2 is 1.71 bits per heavy atom. The van der Waals surface area contributed by atoms with Crippen LogP contribution >= 0.6 is 0 Å². The predicted octanol–water partition coefficient (Wildman–Crippen LogP) is 4.54. The average Bonchev–Trinajstić information content (AvgIpc) is 2.76. The van der Waals surface area contributed by atoms with Gasteiger partial charge in [0.2, 0.25) is 0 Å². The van der Waals surface area contributed by atoms with Crippen LogP contribution in [0.15, 0.2) is 72.6 Å². The smallest absolute Gasteiger partial charge is 0.182 e. The molecule has 2 aromatic carbocycles. The number of rotatable bonds is 13. The second kappa shape index (κ2) is 13.0. The zero-order chi connectivity index (χ0) is 20.0. The first-order valence-corrected chi connectivity index (χ1v) is 10.3. The van der Waals surface area contributed by atoms with E-state index in [1.165, 1.54) is 12.8 Å². The van der Waals surface area contributed by atoms with Crippen molar-refractivity contribution in [1.29, 1.82) is 0 Å². The summed E-state index contributed by atoms with van der Waals surface area (Å²) in [5.74, 6) is 0.680. The van der Waals surface area contributed by atoms with Crippen molar-refractivity contribution in [2.45, 2.75) is 51.9 Å². The molecule has 0 saturated heterocycles. The van der Waals surface area contributed by atoms with Crippen molar-refractivity contribution >= 4 is 0 Å². The Morgan fingerprint density at radius 3 is 2.36 bits per heavy atom. The van der Waals surface area contributed by atoms with Crippen LogP contribution in [0.1, 0.15) is 50.3 Å². The van der Waals surface area contributed by atoms with E-state index >= 15 is 0 Å². The van der Waals surface area contributed by atoms with Gasteiger partial charge in [0.1, 0.15) is 12.7 Å². The fourth-order valence-corrected chi connectivity index (χ4v) is 3.01. The van der Waals surface area contributed by atoms with Crippen molar-refractivity contribution in [3.63, 3.8) is 0 Å². The van der Waals surface area contributed by atoms with Gasteiger partial charge in [0, 0.05) is 6.54 Å². The first-order valence-electron chi connectivity index (χ1n) is 10.3. The number of nitrogens with one attached hydrogen (secondary N) is 2. The number of aliphatic hydroxyl groups is 1. The van der Waals surface area contributed by atoms with Crippen molar-refractivity contribution in [3.8, 4) is 0 Å². The van der Waals surface area contributed by atoms with Gasteiger partial charge in [0.25, 0.3) is 0 Å². The minimum atomic E-state index is -0.629. The van der Waals surface area contributed by atoms with Gasteiger partial charge in [-0.05, 0) is 37.1 Å². The highest BCUT2D eigenvalue weighted by atomic mass is 16.5. The highest BCUT2D eigenvalue weighted by Crippen LogP contribution is 2.18. The Morgan fingerprint density at radius 1 is 1.04 bits per heavy atom. The van der Waals surface area contributed by atoms with Gasteiger partial charge < -0.3 is 20.5 Å². The molecule has 28 heavy (non-hydrogen) atoms. The van der Waals surface area contributed by atoms with E-state index in [1.807, 2.05) is 73.7 Å². The fourth-order valence-electron chi connectivity index (χ4n) is 3.01. The predicted molar refractivity (Wildman–Crippen MR) is 116 cm³/mol. The van der Waals surface area contributed by atoms with Crippen molar-refractivity contribution < 1.29 is 9.84 Å². The number of hydrogen-bond acceptors (Lipinski definition) is 4. The quantitative estimate of drug-likeness (QED) is 0.352. The Balaban J connectivity index is 1.97. The SMILES string of the molecule is CC=C(N[C@H](CNCCCCC)[C@H](O)c1ccccc1)OCc1ccccc1. The standard InChI is InChI=1S/C24H34N2O2/c1-3-5-12-17-25-18-22(24(27)21-15-10-7-11-16-21)26-23(4-2)28-19-20-13-8-6-9-14-20/h4,6-11,13-16,22,24-27H,3,5,12,17-19H2,1-2H3/t22-,24-/m1/s1. The van der Waals surface area contributed by atoms with E-state index in [4.69, 9.17) is 4.74 Å². The van der Waals surface area contributed by atoms with Crippen LogP contribution in [0, 0.1) is 0 Å². The lowest BCUT2D eigenvalue weighted by atomic mass is 10.0. The van der Waals surface area contributed by atoms with Crippen LogP contribution in [0.5, 0.6) is 0 Å². The van der Waals surface area contributed by atoms with E-state index in [0.29, 0.717) is 19.0 Å². The summed E-state index contributed by atoms with van der Waals surface area (Å²) in [4.78, 5) is 0. The summed E-state index contributed by atoms with van der Waals surface area (Å²) in [6.45, 7) is 6.24. The topological polar surface area (TPSA) is 53.5 Å². The van der Waals surface area contributed by atoms with Crippen molar-refractivity contribution in [3.05, 3.63) is 83.7 Å². The Bertz CT molecular complexity index is 674. The molecule has 0 heterocycles. The van der Waals surface area contributed by atoms with Gasteiger partial charge in [-0.15, -0.1) is 0 Å². The van der Waals surface area contributed by atoms with Gasteiger partial charge in [-0.1, -0.05) is 80.4 Å². The molecule has 0 aromatic heterocycles. The van der Waals surface area contributed by atoms with Crippen LogP contribution in [0.3, 0.4) is 0 Å². The molecule has 2 atom stereocenters. The summed E-state index contributed by atoms with van der Waals surface area (Å²) in [6.07, 6.45) is 4.84. The fraction of sp³-hybridized carbons (Fsp3) is 0.417. The van der Waals surface area contributed by atoms with Crippen LogP contribution in [0.4, 0.5) is 0 Å². The number of hydrogen-bond donors (Lipinski definition) is 3. The van der Waals surface area contributed by atoms with E-state index < -0.39 is 6.10 Å². The first kappa shape index (κ1) is 22.0. The van der Waals surface area contributed by atoms with Crippen molar-refractivity contribution in [2.24, 2.45) is 0 Å². The molecule has 0 amide bonds. The zero-order valence-electron chi connectivity index (χ0n) is 17.1. The molecule has 0 unspecified atom stereocenters. The maximum absolute atomic E-state index is 10.9. The van der Waals surface area contributed by atoms with Crippen LogP contribution in [0.25, 0.3) is 0 Å². The summed E-state index contributed by atoms with van der Waals surface area (Å²) in [6, 6.07) is 19.7. The van der Waals surface area contributed by atoms with Gasteiger partial charge in [-0.25, -0.2) is 0 Å². The van der Waals surface area contributed by atoms with Crippen LogP contribution < -0.4 is 10.6 Å². The van der Waals surface area contributed by atoms with E-state index in [-0.39, 0.29) is 6.04 Å². The summed E-state index contributed by atoms with van der Waals surface area (Å²) in [5.41, 5.74) is 2.01. The molecule has 2 rings (SSSR count). The molecule has 2 aromatic rings. The third-order valence-corrected chi connectivity index (χ3v) is 4.67. The number of benzene rings is 2. The molecule has 0 aliphatic rings. The second-order valence-electron chi connectivity index (χ2n) is 6.94. The van der Waals surface area contributed by atoms with E-state index in [0.717, 1.165) is 24.1 Å². The summed E-state index contributed by atoms with van der Waals surface area (Å²) < 4.78 is 5.95. The zero-order valence-corrected chi connectivity index (χ0v) is 17.1. The minimum absolute atomic E-state index is 0.189. The minimum Gasteiger partial charge on any atom is -0.475 e. The highest BCUT2D eigenvalue weighted by Gasteiger charge is 2.21. The molecule has 152 valence electrons. The summed E-state index contributed by atoms with van der Waals surface area (Å²) >= 11 is 0. The monoisotopic (exact) mass is 382 g/mol. The Labute approximate surface area is 169 Å². The van der Waals surface area contributed by atoms with Crippen LogP contribution in [0.2, 0.25) is 0 Å². The lowest BCUT2D eigenvalue weighted by Gasteiger charge is -2.27. The van der Waals surface area contributed by atoms with Gasteiger partial charge in [0.05, 0.1) is 6.04 Å². The van der Waals surface area contributed by atoms with E-state index in [1.54, 1.807) is 0 Å². The average molecular weight is 383 g/mol. The van der Waals surface area contributed by atoms with Gasteiger partial charge >= 0.3 is 0 Å². The molecular weight excluding hydrogens is 348 g/mol. The number of unbranched alkanes of at least 4 members (excludes halogenated alkanes) is 2. The highest BCUT2D eigenvalue weighted by molar-refractivity contribution is 5.19. The molecule has 0 spiro atoms. The molecule has 0 radical (unpaired) electrons. The molecule has 4 heteroatoms. The largest absolute Gasteiger partial charge is 0.475 e. The summed E-state index contributed by atoms with van der Waals surface area (Å²) in [7, 11) is 0. The molecule has 4 nitrogen and oxygen atoms in total. The van der Waals surface area contributed by atoms with Crippen LogP contribution in [-0.4, -0.2) is 24.2 Å². The van der Waals surface area contributed by atoms with Gasteiger partial charge in [0.15, 0.2) is 5.88 Å². The molecular formula is C24H34N2O2. The molecule has 0 aliphatic heterocycles. The molecule has 0 aliphatic carbocycles. The maximum Gasteiger partial charge on any atom is 0.182 e.